The summed E-state index contributed by atoms with van der Waals surface area (Å²) in [7, 11) is 0. The van der Waals surface area contributed by atoms with Crippen molar-refractivity contribution >= 4 is 23.4 Å². The summed E-state index contributed by atoms with van der Waals surface area (Å²) in [4.78, 5) is 4.55. The fourth-order valence-corrected chi connectivity index (χ4v) is 4.18. The van der Waals surface area contributed by atoms with Crippen molar-refractivity contribution < 1.29 is 8.94 Å². The second-order valence-electron chi connectivity index (χ2n) is 7.09. The maximum Gasteiger partial charge on any atom is 0.237 e. The van der Waals surface area contributed by atoms with Gasteiger partial charge in [0.1, 0.15) is 5.76 Å². The molecule has 9 heteroatoms. The Hall–Kier alpha value is -3.36. The molecule has 0 aliphatic rings. The number of hydrogen-bond donors (Lipinski definition) is 0. The molecule has 0 bridgehead atoms. The molecule has 0 fully saturated rings. The smallest absolute Gasteiger partial charge is 0.237 e. The molecule has 7 nitrogen and oxygen atoms in total. The van der Waals surface area contributed by atoms with Crippen molar-refractivity contribution in [3.05, 3.63) is 89.2 Å². The first-order chi connectivity index (χ1) is 15.7. The topological polar surface area (TPSA) is 82.8 Å². The lowest BCUT2D eigenvalue weighted by molar-refractivity contribution is 0.391. The fraction of sp³-hybridized carbons (Fsp3) is 0.130. The highest BCUT2D eigenvalue weighted by atomic mass is 35.5. The van der Waals surface area contributed by atoms with Gasteiger partial charge in [0.15, 0.2) is 11.0 Å². The lowest BCUT2D eigenvalue weighted by atomic mass is 10.1. The Balaban J connectivity index is 1.40. The van der Waals surface area contributed by atoms with Crippen LogP contribution in [0.2, 0.25) is 5.02 Å². The Kier molecular flexibility index (Phi) is 5.79. The van der Waals surface area contributed by atoms with Crippen molar-refractivity contribution in [3.8, 4) is 22.8 Å². The molecule has 0 aliphatic heterocycles. The molecule has 2 aromatic carbocycles. The molecule has 0 amide bonds. The molecule has 0 aliphatic carbocycles. The standard InChI is InChI=1S/C23H18ClN5O2S/c1-15-5-2-3-7-19(15)21-25-20(31-28-21)14-32-23-27-26-22(16-8-10-17(24)11-9-16)29(23)13-18-6-4-12-30-18/h2-12H,13-14H2,1H3. The van der Waals surface area contributed by atoms with E-state index < -0.39 is 0 Å². The van der Waals surface area contributed by atoms with Crippen LogP contribution in [0.25, 0.3) is 22.8 Å². The minimum atomic E-state index is 0.468. The monoisotopic (exact) mass is 463 g/mol. The number of thioether (sulfide) groups is 1. The van der Waals surface area contributed by atoms with Crippen LogP contribution in [0.3, 0.4) is 0 Å². The van der Waals surface area contributed by atoms with E-state index in [-0.39, 0.29) is 0 Å². The number of rotatable bonds is 7. The van der Waals surface area contributed by atoms with Gasteiger partial charge in [-0.05, 0) is 48.9 Å². The summed E-state index contributed by atoms with van der Waals surface area (Å²) in [5.41, 5.74) is 2.97. The van der Waals surface area contributed by atoms with Crippen molar-refractivity contribution in [2.75, 3.05) is 0 Å². The number of hydrogen-bond acceptors (Lipinski definition) is 7. The summed E-state index contributed by atoms with van der Waals surface area (Å²) in [6, 6.07) is 19.3. The summed E-state index contributed by atoms with van der Waals surface area (Å²) in [6.07, 6.45) is 1.65. The van der Waals surface area contributed by atoms with Crippen LogP contribution in [0.1, 0.15) is 17.2 Å². The van der Waals surface area contributed by atoms with Crippen LogP contribution < -0.4 is 0 Å². The maximum absolute atomic E-state index is 6.05. The molecule has 3 aromatic heterocycles. The van der Waals surface area contributed by atoms with E-state index in [0.717, 1.165) is 33.4 Å². The van der Waals surface area contributed by atoms with Crippen LogP contribution in [0, 0.1) is 6.92 Å². The Morgan fingerprint density at radius 3 is 2.62 bits per heavy atom. The highest BCUT2D eigenvalue weighted by Gasteiger charge is 2.18. The van der Waals surface area contributed by atoms with E-state index in [2.05, 4.69) is 20.3 Å². The van der Waals surface area contributed by atoms with E-state index >= 15 is 0 Å². The quantitative estimate of drug-likeness (QED) is 0.278. The van der Waals surface area contributed by atoms with Crippen LogP contribution >= 0.6 is 23.4 Å². The summed E-state index contributed by atoms with van der Waals surface area (Å²) >= 11 is 7.53. The van der Waals surface area contributed by atoms with Gasteiger partial charge in [0.25, 0.3) is 0 Å². The number of halogens is 1. The van der Waals surface area contributed by atoms with Crippen LogP contribution in [0.15, 0.2) is 81.0 Å². The third-order valence-corrected chi connectivity index (χ3v) is 6.10. The average Bonchev–Trinajstić information content (AvgIpc) is 3.56. The van der Waals surface area contributed by atoms with Gasteiger partial charge in [0, 0.05) is 16.1 Å². The molecule has 32 heavy (non-hydrogen) atoms. The van der Waals surface area contributed by atoms with Crippen molar-refractivity contribution in [3.63, 3.8) is 0 Å². The van der Waals surface area contributed by atoms with Crippen LogP contribution in [0.4, 0.5) is 0 Å². The predicted octanol–water partition coefficient (Wildman–Crippen LogP) is 5.89. The minimum Gasteiger partial charge on any atom is -0.467 e. The van der Waals surface area contributed by atoms with Crippen molar-refractivity contribution in [2.24, 2.45) is 0 Å². The molecule has 0 unspecified atom stereocenters. The zero-order valence-corrected chi connectivity index (χ0v) is 18.7. The summed E-state index contributed by atoms with van der Waals surface area (Å²) < 4.78 is 13.0. The number of furan rings is 1. The predicted molar refractivity (Wildman–Crippen MR) is 122 cm³/mol. The summed E-state index contributed by atoms with van der Waals surface area (Å²) in [5, 5.41) is 14.3. The van der Waals surface area contributed by atoms with Gasteiger partial charge < -0.3 is 8.94 Å². The second kappa shape index (κ2) is 9.02. The van der Waals surface area contributed by atoms with Crippen LogP contribution in [-0.2, 0) is 12.3 Å². The molecular formula is C23H18ClN5O2S. The molecule has 0 spiro atoms. The van der Waals surface area contributed by atoms with E-state index in [0.29, 0.717) is 29.0 Å². The van der Waals surface area contributed by atoms with E-state index in [1.807, 2.05) is 72.2 Å². The normalized spacial score (nSPS) is 11.2. The lowest BCUT2D eigenvalue weighted by Crippen LogP contribution is -2.03. The Labute approximate surface area is 193 Å². The number of nitrogens with zero attached hydrogens (tertiary/aromatic N) is 5. The number of aryl methyl sites for hydroxylation is 1. The van der Waals surface area contributed by atoms with Crippen molar-refractivity contribution in [1.29, 1.82) is 0 Å². The Morgan fingerprint density at radius 2 is 1.84 bits per heavy atom. The van der Waals surface area contributed by atoms with Gasteiger partial charge in [-0.15, -0.1) is 10.2 Å². The molecule has 0 saturated heterocycles. The molecule has 5 rings (SSSR count). The molecule has 0 N–H and O–H groups in total. The second-order valence-corrected chi connectivity index (χ2v) is 8.47. The number of benzene rings is 2. The van der Waals surface area contributed by atoms with E-state index in [4.69, 9.17) is 20.5 Å². The molecule has 160 valence electrons. The zero-order chi connectivity index (χ0) is 21.9. The first-order valence-electron chi connectivity index (χ1n) is 9.90. The summed E-state index contributed by atoms with van der Waals surface area (Å²) in [6.45, 7) is 2.52. The van der Waals surface area contributed by atoms with E-state index in [1.54, 1.807) is 6.26 Å². The third-order valence-electron chi connectivity index (χ3n) is 4.89. The van der Waals surface area contributed by atoms with Crippen LogP contribution in [-0.4, -0.2) is 24.9 Å². The lowest BCUT2D eigenvalue weighted by Gasteiger charge is -2.08. The Bertz CT molecular complexity index is 1330. The van der Waals surface area contributed by atoms with Gasteiger partial charge in [0.05, 0.1) is 18.6 Å². The third kappa shape index (κ3) is 4.32. The average molecular weight is 464 g/mol. The van der Waals surface area contributed by atoms with Gasteiger partial charge in [-0.1, -0.05) is 52.8 Å². The van der Waals surface area contributed by atoms with E-state index in [1.165, 1.54) is 11.8 Å². The van der Waals surface area contributed by atoms with E-state index in [9.17, 15) is 0 Å². The number of aromatic nitrogens is 5. The first-order valence-corrected chi connectivity index (χ1v) is 11.3. The van der Waals surface area contributed by atoms with Gasteiger partial charge in [-0.3, -0.25) is 4.57 Å². The molecule has 5 aromatic rings. The molecular weight excluding hydrogens is 446 g/mol. The zero-order valence-electron chi connectivity index (χ0n) is 17.1. The SMILES string of the molecule is Cc1ccccc1-c1noc(CSc2nnc(-c3ccc(Cl)cc3)n2Cc2ccco2)n1. The van der Waals surface area contributed by atoms with Crippen molar-refractivity contribution in [2.45, 2.75) is 24.4 Å². The van der Waals surface area contributed by atoms with Gasteiger partial charge >= 0.3 is 0 Å². The van der Waals surface area contributed by atoms with Crippen molar-refractivity contribution in [1.82, 2.24) is 24.9 Å². The highest BCUT2D eigenvalue weighted by Crippen LogP contribution is 2.29. The Morgan fingerprint density at radius 1 is 1.00 bits per heavy atom. The fourth-order valence-electron chi connectivity index (χ4n) is 3.28. The minimum absolute atomic E-state index is 0.468. The molecule has 0 radical (unpaired) electrons. The van der Waals surface area contributed by atoms with Gasteiger partial charge in [-0.2, -0.15) is 4.98 Å². The van der Waals surface area contributed by atoms with Crippen LogP contribution in [0.5, 0.6) is 0 Å². The largest absolute Gasteiger partial charge is 0.467 e. The molecule has 0 saturated carbocycles. The van der Waals surface area contributed by atoms with Gasteiger partial charge in [0.2, 0.25) is 11.7 Å². The van der Waals surface area contributed by atoms with Gasteiger partial charge in [-0.25, -0.2) is 0 Å². The first kappa shape index (κ1) is 20.5. The maximum atomic E-state index is 6.05. The highest BCUT2D eigenvalue weighted by molar-refractivity contribution is 7.98. The summed E-state index contributed by atoms with van der Waals surface area (Å²) in [5.74, 6) is 3.11. The molecule has 3 heterocycles. The molecule has 0 atom stereocenters.